The molecule has 29 heavy (non-hydrogen) atoms. The number of piperidine rings is 1. The van der Waals surface area contributed by atoms with Crippen LogP contribution in [0.25, 0.3) is 11.3 Å². The summed E-state index contributed by atoms with van der Waals surface area (Å²) in [5.74, 6) is -0.481. The molecule has 2 aromatic carbocycles. The topological polar surface area (TPSA) is 50.3 Å². The molecule has 1 fully saturated rings. The van der Waals surface area contributed by atoms with Gasteiger partial charge in [0.1, 0.15) is 5.82 Å². The fourth-order valence-corrected chi connectivity index (χ4v) is 6.43. The Morgan fingerprint density at radius 1 is 1.10 bits per heavy atom. The van der Waals surface area contributed by atoms with Crippen LogP contribution in [0, 0.1) is 5.82 Å². The lowest BCUT2D eigenvalue weighted by Gasteiger charge is -2.31. The quantitative estimate of drug-likeness (QED) is 0.490. The number of thiazole rings is 1. The van der Waals surface area contributed by atoms with Gasteiger partial charge in [-0.15, -0.1) is 11.3 Å². The second-order valence-electron chi connectivity index (χ2n) is 6.83. The highest BCUT2D eigenvalue weighted by Crippen LogP contribution is 2.33. The highest BCUT2D eigenvalue weighted by Gasteiger charge is 2.32. The highest BCUT2D eigenvalue weighted by molar-refractivity contribution is 7.92. The summed E-state index contributed by atoms with van der Waals surface area (Å²) in [4.78, 5) is 6.94. The van der Waals surface area contributed by atoms with E-state index in [0.717, 1.165) is 5.13 Å². The van der Waals surface area contributed by atoms with Gasteiger partial charge < -0.3 is 4.90 Å². The van der Waals surface area contributed by atoms with E-state index >= 15 is 0 Å². The van der Waals surface area contributed by atoms with Gasteiger partial charge >= 0.3 is 0 Å². The van der Waals surface area contributed by atoms with Crippen LogP contribution >= 0.6 is 34.5 Å². The molecule has 0 aliphatic carbocycles. The van der Waals surface area contributed by atoms with Gasteiger partial charge in [-0.1, -0.05) is 35.3 Å². The average Bonchev–Trinajstić information content (AvgIpc) is 3.20. The van der Waals surface area contributed by atoms with Gasteiger partial charge in [0.05, 0.1) is 20.9 Å². The minimum absolute atomic E-state index is 0.0761. The molecule has 0 unspecified atom stereocenters. The van der Waals surface area contributed by atoms with Crippen molar-refractivity contribution >= 4 is 49.5 Å². The zero-order valence-electron chi connectivity index (χ0n) is 15.2. The Labute approximate surface area is 182 Å². The smallest absolute Gasteiger partial charge is 0.185 e. The Balaban J connectivity index is 1.46. The van der Waals surface area contributed by atoms with Crippen molar-refractivity contribution in [3.63, 3.8) is 0 Å². The summed E-state index contributed by atoms with van der Waals surface area (Å²) < 4.78 is 39.5. The zero-order valence-corrected chi connectivity index (χ0v) is 18.3. The van der Waals surface area contributed by atoms with Gasteiger partial charge in [-0.2, -0.15) is 0 Å². The maximum Gasteiger partial charge on any atom is 0.185 e. The van der Waals surface area contributed by atoms with E-state index < -0.39 is 20.9 Å². The maximum atomic E-state index is 13.7. The number of rotatable bonds is 4. The number of halogens is 3. The lowest BCUT2D eigenvalue weighted by atomic mass is 10.1. The van der Waals surface area contributed by atoms with Crippen LogP contribution in [0.2, 0.25) is 10.0 Å². The number of hydrogen-bond donors (Lipinski definition) is 0. The number of anilines is 1. The van der Waals surface area contributed by atoms with Gasteiger partial charge in [0, 0.05) is 29.1 Å². The SMILES string of the molecule is O=S(=O)(c1cccc(Cl)c1)C1CCN(c2nc(-c3ccc(Cl)c(F)c3)cs2)CC1. The minimum atomic E-state index is -3.42. The normalized spacial score (nSPS) is 15.6. The van der Waals surface area contributed by atoms with Crippen LogP contribution in [-0.4, -0.2) is 31.7 Å². The third-order valence-corrected chi connectivity index (χ3v) is 8.69. The van der Waals surface area contributed by atoms with Crippen LogP contribution in [0.5, 0.6) is 0 Å². The van der Waals surface area contributed by atoms with Gasteiger partial charge in [-0.3, -0.25) is 0 Å². The van der Waals surface area contributed by atoms with Crippen LogP contribution in [0.3, 0.4) is 0 Å². The van der Waals surface area contributed by atoms with Crippen molar-refractivity contribution in [2.75, 3.05) is 18.0 Å². The van der Waals surface area contributed by atoms with E-state index in [-0.39, 0.29) is 9.92 Å². The average molecular weight is 471 g/mol. The fourth-order valence-electron chi connectivity index (χ4n) is 3.39. The monoisotopic (exact) mass is 470 g/mol. The maximum absolute atomic E-state index is 13.7. The van der Waals surface area contributed by atoms with Gasteiger partial charge in [0.15, 0.2) is 15.0 Å². The first-order valence-electron chi connectivity index (χ1n) is 9.00. The molecule has 9 heteroatoms. The van der Waals surface area contributed by atoms with Gasteiger partial charge in [0.2, 0.25) is 0 Å². The summed E-state index contributed by atoms with van der Waals surface area (Å²) in [5, 5.41) is 2.72. The van der Waals surface area contributed by atoms with Crippen molar-refractivity contribution in [3.05, 3.63) is 63.7 Å². The Hall–Kier alpha value is -1.67. The van der Waals surface area contributed by atoms with Crippen molar-refractivity contribution in [1.29, 1.82) is 0 Å². The molecule has 1 saturated heterocycles. The van der Waals surface area contributed by atoms with E-state index in [1.807, 2.05) is 5.38 Å². The molecule has 0 radical (unpaired) electrons. The molecule has 0 N–H and O–H groups in total. The Morgan fingerprint density at radius 2 is 1.86 bits per heavy atom. The van der Waals surface area contributed by atoms with Crippen LogP contribution < -0.4 is 4.90 Å². The first-order valence-corrected chi connectivity index (χ1v) is 12.2. The van der Waals surface area contributed by atoms with Crippen molar-refractivity contribution in [2.45, 2.75) is 23.0 Å². The number of aromatic nitrogens is 1. The molecule has 1 aromatic heterocycles. The van der Waals surface area contributed by atoms with Crippen LogP contribution in [-0.2, 0) is 9.84 Å². The standard InChI is InChI=1S/C20H17Cl2FN2O2S2/c21-14-2-1-3-16(11-14)29(26,27)15-6-8-25(9-7-15)20-24-19(12-28-20)13-4-5-17(22)18(23)10-13/h1-5,10-12,15H,6-9H2. The lowest BCUT2D eigenvalue weighted by Crippen LogP contribution is -2.39. The largest absolute Gasteiger partial charge is 0.348 e. The third kappa shape index (κ3) is 4.28. The fraction of sp³-hybridized carbons (Fsp3) is 0.250. The predicted octanol–water partition coefficient (Wildman–Crippen LogP) is 5.70. The van der Waals surface area contributed by atoms with Crippen molar-refractivity contribution in [3.8, 4) is 11.3 Å². The van der Waals surface area contributed by atoms with E-state index in [9.17, 15) is 12.8 Å². The van der Waals surface area contributed by atoms with E-state index in [4.69, 9.17) is 23.2 Å². The van der Waals surface area contributed by atoms with Crippen molar-refractivity contribution in [1.82, 2.24) is 4.98 Å². The molecule has 1 aliphatic rings. The molecule has 0 spiro atoms. The molecule has 0 bridgehead atoms. The summed E-state index contributed by atoms with van der Waals surface area (Å²) in [6.45, 7) is 1.18. The first-order chi connectivity index (χ1) is 13.8. The molecule has 4 nitrogen and oxygen atoms in total. The minimum Gasteiger partial charge on any atom is -0.348 e. The molecule has 2 heterocycles. The molecule has 3 aromatic rings. The molecule has 0 saturated carbocycles. The molecule has 0 amide bonds. The van der Waals surface area contributed by atoms with Gasteiger partial charge in [-0.25, -0.2) is 17.8 Å². The second-order valence-corrected chi connectivity index (χ2v) is 10.7. The van der Waals surface area contributed by atoms with Crippen LogP contribution in [0.4, 0.5) is 9.52 Å². The second kappa shape index (κ2) is 8.22. The van der Waals surface area contributed by atoms with Crippen molar-refractivity contribution in [2.24, 2.45) is 0 Å². The third-order valence-electron chi connectivity index (χ3n) is 4.98. The van der Waals surface area contributed by atoms with Gasteiger partial charge in [0.25, 0.3) is 0 Å². The Morgan fingerprint density at radius 3 is 2.55 bits per heavy atom. The number of hydrogen-bond acceptors (Lipinski definition) is 5. The first kappa shape index (κ1) is 20.6. The number of nitrogens with zero attached hydrogens (tertiary/aromatic N) is 2. The summed E-state index contributed by atoms with van der Waals surface area (Å²) in [6.07, 6.45) is 1.03. The molecular formula is C20H17Cl2FN2O2S2. The lowest BCUT2D eigenvalue weighted by molar-refractivity contribution is 0.529. The predicted molar refractivity (Wildman–Crippen MR) is 116 cm³/mol. The Kier molecular flexibility index (Phi) is 5.84. The molecule has 1 aliphatic heterocycles. The molecule has 4 rings (SSSR count). The molecular weight excluding hydrogens is 454 g/mol. The van der Waals surface area contributed by atoms with E-state index in [0.29, 0.717) is 42.2 Å². The van der Waals surface area contributed by atoms with Crippen molar-refractivity contribution < 1.29 is 12.8 Å². The summed E-state index contributed by atoms with van der Waals surface area (Å²) >= 11 is 13.2. The number of sulfone groups is 1. The zero-order chi connectivity index (χ0) is 20.6. The van der Waals surface area contributed by atoms with E-state index in [1.54, 1.807) is 24.3 Å². The summed E-state index contributed by atoms with van der Waals surface area (Å²) in [5.41, 5.74) is 1.34. The van der Waals surface area contributed by atoms with E-state index in [2.05, 4.69) is 9.88 Å². The van der Waals surface area contributed by atoms with E-state index in [1.165, 1.54) is 29.5 Å². The van der Waals surface area contributed by atoms with Crippen LogP contribution in [0.15, 0.2) is 52.7 Å². The number of benzene rings is 2. The summed E-state index contributed by atoms with van der Waals surface area (Å²) in [6, 6.07) is 11.0. The van der Waals surface area contributed by atoms with Gasteiger partial charge in [-0.05, 0) is 43.2 Å². The van der Waals surface area contributed by atoms with Crippen LogP contribution in [0.1, 0.15) is 12.8 Å². The highest BCUT2D eigenvalue weighted by atomic mass is 35.5. The summed E-state index contributed by atoms with van der Waals surface area (Å²) in [7, 11) is -3.42. The Bertz CT molecular complexity index is 1140. The molecule has 152 valence electrons. The molecule has 0 atom stereocenters.